The summed E-state index contributed by atoms with van der Waals surface area (Å²) in [6.07, 6.45) is 0.784. The Bertz CT molecular complexity index is 1240. The minimum Gasteiger partial charge on any atom is -0.298 e. The van der Waals surface area contributed by atoms with Crippen LogP contribution in [0.2, 0.25) is 5.02 Å². The fraction of sp³-hybridized carbons (Fsp3) is 0.120. The normalized spacial score (nSPS) is 11.0. The van der Waals surface area contributed by atoms with Gasteiger partial charge in [-0.3, -0.25) is 4.79 Å². The molecule has 4 rings (SSSR count). The van der Waals surface area contributed by atoms with Crippen LogP contribution in [-0.4, -0.2) is 16.1 Å². The van der Waals surface area contributed by atoms with Crippen LogP contribution in [0.1, 0.15) is 27.0 Å². The molecule has 0 N–H and O–H groups in total. The van der Waals surface area contributed by atoms with Crippen molar-refractivity contribution < 1.29 is 9.18 Å². The van der Waals surface area contributed by atoms with E-state index in [0.717, 1.165) is 34.2 Å². The highest BCUT2D eigenvalue weighted by atomic mass is 35.5. The maximum absolute atomic E-state index is 13.9. The largest absolute Gasteiger partial charge is 0.298 e. The molecule has 0 saturated heterocycles. The van der Waals surface area contributed by atoms with Gasteiger partial charge >= 0.3 is 0 Å². The van der Waals surface area contributed by atoms with Gasteiger partial charge in [0.25, 0.3) is 0 Å². The van der Waals surface area contributed by atoms with Gasteiger partial charge in [-0.1, -0.05) is 53.6 Å². The number of carbonyl (C=O) groups excluding carboxylic acids is 1. The highest BCUT2D eigenvalue weighted by Gasteiger charge is 2.23. The molecule has 150 valence electrons. The number of hydrogen-bond acceptors (Lipinski definition) is 2. The van der Waals surface area contributed by atoms with E-state index in [2.05, 4.69) is 12.1 Å². The Morgan fingerprint density at radius 2 is 1.60 bits per heavy atom. The zero-order valence-corrected chi connectivity index (χ0v) is 17.7. The van der Waals surface area contributed by atoms with Crippen LogP contribution in [0, 0.1) is 26.6 Å². The lowest BCUT2D eigenvalue weighted by atomic mass is 10.0. The molecule has 0 bridgehead atoms. The van der Waals surface area contributed by atoms with Crippen molar-refractivity contribution in [2.24, 2.45) is 0 Å². The van der Waals surface area contributed by atoms with Crippen molar-refractivity contribution in [2.75, 3.05) is 0 Å². The maximum Gasteiger partial charge on any atom is 0.154 e. The SMILES string of the molecule is Cc1cc(C)c(-n2nc(-c3cccc(F)c3)c(C=O)c2-c2ccc(Cl)cc2)c(C)c1. The Kier molecular flexibility index (Phi) is 5.27. The van der Waals surface area contributed by atoms with Crippen LogP contribution in [-0.2, 0) is 0 Å². The molecule has 0 spiro atoms. The molecular formula is C25H20ClFN2O. The summed E-state index contributed by atoms with van der Waals surface area (Å²) in [5, 5.41) is 5.40. The highest BCUT2D eigenvalue weighted by Crippen LogP contribution is 2.35. The molecule has 0 amide bonds. The number of aryl methyl sites for hydroxylation is 3. The number of hydrogen-bond donors (Lipinski definition) is 0. The van der Waals surface area contributed by atoms with E-state index in [1.165, 1.54) is 12.1 Å². The zero-order valence-electron chi connectivity index (χ0n) is 16.9. The van der Waals surface area contributed by atoms with Crippen LogP contribution in [0.25, 0.3) is 28.2 Å². The molecule has 3 aromatic carbocycles. The van der Waals surface area contributed by atoms with Crippen LogP contribution >= 0.6 is 11.6 Å². The first kappa shape index (κ1) is 20.0. The lowest BCUT2D eigenvalue weighted by Gasteiger charge is -2.15. The molecule has 30 heavy (non-hydrogen) atoms. The quantitative estimate of drug-likeness (QED) is 0.344. The summed E-state index contributed by atoms with van der Waals surface area (Å²) in [5.41, 5.74) is 6.96. The summed E-state index contributed by atoms with van der Waals surface area (Å²) in [5.74, 6) is -0.380. The molecule has 0 aliphatic heterocycles. The first-order valence-electron chi connectivity index (χ1n) is 9.57. The minimum absolute atomic E-state index is 0.380. The van der Waals surface area contributed by atoms with Gasteiger partial charge in [-0.25, -0.2) is 9.07 Å². The van der Waals surface area contributed by atoms with Crippen molar-refractivity contribution in [1.29, 1.82) is 0 Å². The smallest absolute Gasteiger partial charge is 0.154 e. The molecule has 1 heterocycles. The fourth-order valence-electron chi connectivity index (χ4n) is 3.94. The third-order valence-electron chi connectivity index (χ3n) is 5.10. The van der Waals surface area contributed by atoms with E-state index in [-0.39, 0.29) is 5.82 Å². The van der Waals surface area contributed by atoms with Crippen molar-refractivity contribution in [1.82, 2.24) is 9.78 Å². The van der Waals surface area contributed by atoms with Gasteiger partial charge in [-0.05, 0) is 56.2 Å². The Hall–Kier alpha value is -3.24. The number of aldehydes is 1. The Morgan fingerprint density at radius 1 is 0.933 bits per heavy atom. The van der Waals surface area contributed by atoms with Crippen molar-refractivity contribution in [3.63, 3.8) is 0 Å². The topological polar surface area (TPSA) is 34.9 Å². The van der Waals surface area contributed by atoms with Gasteiger partial charge in [0, 0.05) is 16.1 Å². The Morgan fingerprint density at radius 3 is 2.20 bits per heavy atom. The third kappa shape index (κ3) is 3.55. The molecule has 0 unspecified atom stereocenters. The maximum atomic E-state index is 13.9. The van der Waals surface area contributed by atoms with Gasteiger partial charge in [0.05, 0.1) is 16.9 Å². The van der Waals surface area contributed by atoms with Gasteiger partial charge in [0.2, 0.25) is 0 Å². The summed E-state index contributed by atoms with van der Waals surface area (Å²) in [7, 11) is 0. The van der Waals surface area contributed by atoms with Crippen LogP contribution in [0.3, 0.4) is 0 Å². The van der Waals surface area contributed by atoms with Crippen molar-refractivity contribution in [3.05, 3.63) is 93.8 Å². The molecule has 5 heteroatoms. The number of halogens is 2. The second-order valence-corrected chi connectivity index (χ2v) is 7.84. The average Bonchev–Trinajstić information content (AvgIpc) is 3.07. The van der Waals surface area contributed by atoms with Crippen LogP contribution in [0.4, 0.5) is 4.39 Å². The van der Waals surface area contributed by atoms with Crippen molar-refractivity contribution >= 4 is 17.9 Å². The molecule has 3 nitrogen and oxygen atoms in total. The number of carbonyl (C=O) groups is 1. The predicted molar refractivity (Wildman–Crippen MR) is 119 cm³/mol. The predicted octanol–water partition coefficient (Wildman–Crippen LogP) is 6.74. The van der Waals surface area contributed by atoms with E-state index in [4.69, 9.17) is 16.7 Å². The Labute approximate surface area is 179 Å². The zero-order chi connectivity index (χ0) is 21.4. The number of nitrogens with zero attached hydrogens (tertiary/aromatic N) is 2. The molecule has 0 atom stereocenters. The average molecular weight is 419 g/mol. The monoisotopic (exact) mass is 418 g/mol. The van der Waals surface area contributed by atoms with E-state index in [0.29, 0.717) is 27.5 Å². The Balaban J connectivity index is 2.09. The van der Waals surface area contributed by atoms with Gasteiger partial charge in [0.1, 0.15) is 11.5 Å². The third-order valence-corrected chi connectivity index (χ3v) is 5.35. The minimum atomic E-state index is -0.380. The van der Waals surface area contributed by atoms with E-state index >= 15 is 0 Å². The van der Waals surface area contributed by atoms with E-state index in [1.54, 1.807) is 28.9 Å². The van der Waals surface area contributed by atoms with Crippen LogP contribution in [0.5, 0.6) is 0 Å². The molecule has 0 fully saturated rings. The summed E-state index contributed by atoms with van der Waals surface area (Å²) in [4.78, 5) is 12.2. The van der Waals surface area contributed by atoms with Gasteiger partial charge < -0.3 is 0 Å². The van der Waals surface area contributed by atoms with Crippen LogP contribution in [0.15, 0.2) is 60.7 Å². The summed E-state index contributed by atoms with van der Waals surface area (Å²) in [6.45, 7) is 6.08. The van der Waals surface area contributed by atoms with Crippen molar-refractivity contribution in [3.8, 4) is 28.2 Å². The molecule has 0 aliphatic rings. The van der Waals surface area contributed by atoms with Crippen LogP contribution < -0.4 is 0 Å². The van der Waals surface area contributed by atoms with Gasteiger partial charge in [-0.15, -0.1) is 0 Å². The van der Waals surface area contributed by atoms with Gasteiger partial charge in [0.15, 0.2) is 6.29 Å². The lowest BCUT2D eigenvalue weighted by molar-refractivity contribution is 0.112. The molecule has 0 saturated carbocycles. The molecular weight excluding hydrogens is 399 g/mol. The molecule has 0 aliphatic carbocycles. The molecule has 1 aromatic heterocycles. The van der Waals surface area contributed by atoms with Gasteiger partial charge in [-0.2, -0.15) is 5.10 Å². The van der Waals surface area contributed by atoms with E-state index < -0.39 is 0 Å². The number of aromatic nitrogens is 2. The number of rotatable bonds is 4. The highest BCUT2D eigenvalue weighted by molar-refractivity contribution is 6.30. The lowest BCUT2D eigenvalue weighted by Crippen LogP contribution is -2.05. The fourth-order valence-corrected chi connectivity index (χ4v) is 4.07. The van der Waals surface area contributed by atoms with E-state index in [9.17, 15) is 9.18 Å². The second kappa shape index (κ2) is 7.88. The second-order valence-electron chi connectivity index (χ2n) is 7.41. The summed E-state index contributed by atoms with van der Waals surface area (Å²) in [6, 6.07) is 17.6. The molecule has 4 aromatic rings. The van der Waals surface area contributed by atoms with Crippen molar-refractivity contribution in [2.45, 2.75) is 20.8 Å². The number of benzene rings is 3. The summed E-state index contributed by atoms with van der Waals surface area (Å²) >= 11 is 6.08. The standard InChI is InChI=1S/C25H20ClFN2O/c1-15-11-16(2)24(17(3)12-15)29-25(18-7-9-20(26)10-8-18)22(14-30)23(28-29)19-5-4-6-21(27)13-19/h4-14H,1-3H3. The molecule has 0 radical (unpaired) electrons. The first-order valence-corrected chi connectivity index (χ1v) is 9.95. The first-order chi connectivity index (χ1) is 14.4. The van der Waals surface area contributed by atoms with E-state index in [1.807, 2.05) is 32.9 Å². The summed E-state index contributed by atoms with van der Waals surface area (Å²) < 4.78 is 15.7.